The molecule has 1 saturated carbocycles. The minimum atomic E-state index is 0.0554. The maximum Gasteiger partial charge on any atom is 0.203 e. The maximum absolute atomic E-state index is 13.4. The number of nitrogens with zero attached hydrogens (tertiary/aromatic N) is 1. The average Bonchev–Trinajstić information content (AvgIpc) is 3.40. The van der Waals surface area contributed by atoms with Crippen LogP contribution >= 0.6 is 0 Å². The lowest BCUT2D eigenvalue weighted by atomic mass is 9.82. The Balaban J connectivity index is 1.88. The number of aryl methyl sites for hydroxylation is 1. The van der Waals surface area contributed by atoms with E-state index in [1.165, 1.54) is 0 Å². The number of fused-ring (bicyclic) bond motifs is 1. The van der Waals surface area contributed by atoms with Crippen molar-refractivity contribution >= 4 is 16.9 Å². The Labute approximate surface area is 154 Å². The summed E-state index contributed by atoms with van der Waals surface area (Å²) in [6.07, 6.45) is 4.89. The summed E-state index contributed by atoms with van der Waals surface area (Å²) in [7, 11) is 0. The van der Waals surface area contributed by atoms with Crippen LogP contribution < -0.4 is 10.3 Å². The Morgan fingerprint density at radius 3 is 2.54 bits per heavy atom. The monoisotopic (exact) mass is 355 g/mol. The predicted molar refractivity (Wildman–Crippen MR) is 105 cm³/mol. The van der Waals surface area contributed by atoms with Crippen molar-refractivity contribution in [3.05, 3.63) is 39.0 Å². The third kappa shape index (κ3) is 3.16. The Hall–Kier alpha value is -1.81. The first-order valence-corrected chi connectivity index (χ1v) is 9.86. The second-order valence-corrected chi connectivity index (χ2v) is 8.85. The van der Waals surface area contributed by atoms with Gasteiger partial charge in [-0.3, -0.25) is 4.79 Å². The molecule has 4 rings (SSSR count). The quantitative estimate of drug-likeness (QED) is 0.895. The van der Waals surface area contributed by atoms with E-state index in [9.17, 15) is 9.90 Å². The van der Waals surface area contributed by atoms with E-state index in [1.807, 2.05) is 19.1 Å². The van der Waals surface area contributed by atoms with E-state index < -0.39 is 0 Å². The van der Waals surface area contributed by atoms with E-state index in [0.717, 1.165) is 61.3 Å². The number of aliphatic hydroxyl groups is 1. The van der Waals surface area contributed by atoms with Crippen molar-refractivity contribution in [2.24, 2.45) is 5.41 Å². The predicted octanol–water partition coefficient (Wildman–Crippen LogP) is 4.14. The molecule has 2 aromatic rings. The smallest absolute Gasteiger partial charge is 0.203 e. The number of hydrogen-bond donors (Lipinski definition) is 1. The van der Waals surface area contributed by atoms with E-state index in [2.05, 4.69) is 18.7 Å². The molecule has 1 aromatic carbocycles. The topological polar surface area (TPSA) is 53.7 Å². The zero-order chi connectivity index (χ0) is 18.5. The van der Waals surface area contributed by atoms with E-state index in [0.29, 0.717) is 28.7 Å². The van der Waals surface area contributed by atoms with Gasteiger partial charge < -0.3 is 14.4 Å². The van der Waals surface area contributed by atoms with Crippen molar-refractivity contribution in [3.8, 4) is 0 Å². The third-order valence-corrected chi connectivity index (χ3v) is 6.00. The van der Waals surface area contributed by atoms with Crippen LogP contribution in [-0.2, 0) is 6.42 Å². The van der Waals surface area contributed by atoms with Gasteiger partial charge in [0, 0.05) is 19.7 Å². The SMILES string of the molecule is Cc1cc(CCO)c2oc(N3CCC(C)(C)CC3)c(C3CC3)c(=O)c2c1. The average molecular weight is 355 g/mol. The first-order chi connectivity index (χ1) is 12.4. The molecule has 0 spiro atoms. The van der Waals surface area contributed by atoms with E-state index in [1.54, 1.807) is 0 Å². The summed E-state index contributed by atoms with van der Waals surface area (Å²) in [4.78, 5) is 15.6. The van der Waals surface area contributed by atoms with Crippen molar-refractivity contribution < 1.29 is 9.52 Å². The van der Waals surface area contributed by atoms with Crippen molar-refractivity contribution in [1.82, 2.24) is 0 Å². The zero-order valence-electron chi connectivity index (χ0n) is 16.1. The molecule has 1 aliphatic carbocycles. The summed E-state index contributed by atoms with van der Waals surface area (Å²) in [5.41, 5.74) is 4.02. The molecule has 2 heterocycles. The lowest BCUT2D eigenvalue weighted by molar-refractivity contribution is 0.274. The van der Waals surface area contributed by atoms with Crippen molar-refractivity contribution in [2.75, 3.05) is 24.6 Å². The molecule has 4 heteroatoms. The molecule has 1 saturated heterocycles. The van der Waals surface area contributed by atoms with Crippen molar-refractivity contribution in [3.63, 3.8) is 0 Å². The Bertz CT molecular complexity index is 882. The maximum atomic E-state index is 13.4. The Kier molecular flexibility index (Phi) is 4.34. The van der Waals surface area contributed by atoms with Gasteiger partial charge in [-0.1, -0.05) is 19.9 Å². The summed E-state index contributed by atoms with van der Waals surface area (Å²) in [6.45, 7) is 8.54. The lowest BCUT2D eigenvalue weighted by Crippen LogP contribution is -2.38. The first kappa shape index (κ1) is 17.6. The summed E-state index contributed by atoms with van der Waals surface area (Å²) in [5, 5.41) is 10.1. The van der Waals surface area contributed by atoms with Crippen LogP contribution in [0.2, 0.25) is 0 Å². The van der Waals surface area contributed by atoms with Crippen molar-refractivity contribution in [2.45, 2.75) is 58.8 Å². The third-order valence-electron chi connectivity index (χ3n) is 6.00. The van der Waals surface area contributed by atoms with Crippen LogP contribution in [0.1, 0.15) is 62.1 Å². The zero-order valence-corrected chi connectivity index (χ0v) is 16.1. The summed E-state index contributed by atoms with van der Waals surface area (Å²) >= 11 is 0. The minimum Gasteiger partial charge on any atom is -0.440 e. The number of anilines is 1. The van der Waals surface area contributed by atoms with Gasteiger partial charge in [0.15, 0.2) is 5.43 Å². The molecule has 0 bridgehead atoms. The van der Waals surface area contributed by atoms with Gasteiger partial charge in [-0.2, -0.15) is 0 Å². The van der Waals surface area contributed by atoms with E-state index >= 15 is 0 Å². The fraction of sp³-hybridized carbons (Fsp3) is 0.591. The second-order valence-electron chi connectivity index (χ2n) is 8.85. The largest absolute Gasteiger partial charge is 0.440 e. The van der Waals surface area contributed by atoms with Crippen LogP contribution in [0.5, 0.6) is 0 Å². The Morgan fingerprint density at radius 1 is 1.23 bits per heavy atom. The van der Waals surface area contributed by atoms with Gasteiger partial charge in [0.05, 0.1) is 10.9 Å². The van der Waals surface area contributed by atoms with Crippen LogP contribution in [0.3, 0.4) is 0 Å². The highest BCUT2D eigenvalue weighted by Gasteiger charge is 2.35. The highest BCUT2D eigenvalue weighted by atomic mass is 16.4. The number of aliphatic hydroxyl groups excluding tert-OH is 1. The van der Waals surface area contributed by atoms with E-state index in [-0.39, 0.29) is 12.0 Å². The second kappa shape index (κ2) is 6.41. The van der Waals surface area contributed by atoms with Gasteiger partial charge in [-0.15, -0.1) is 0 Å². The minimum absolute atomic E-state index is 0.0554. The standard InChI is InChI=1S/C22H29NO3/c1-14-12-16(6-11-24)20-17(13-14)19(25)18(15-4-5-15)21(26-20)23-9-7-22(2,3)8-10-23/h12-13,15,24H,4-11H2,1-3H3. The molecule has 2 fully saturated rings. The molecule has 1 N–H and O–H groups in total. The molecule has 1 aliphatic heterocycles. The van der Waals surface area contributed by atoms with Gasteiger partial charge in [-0.05, 0) is 67.6 Å². The summed E-state index contributed by atoms with van der Waals surface area (Å²) in [6, 6.07) is 3.97. The molecule has 2 aliphatic rings. The molecule has 0 atom stereocenters. The fourth-order valence-electron chi connectivity index (χ4n) is 4.12. The van der Waals surface area contributed by atoms with Crippen LogP contribution in [-0.4, -0.2) is 24.8 Å². The molecule has 4 nitrogen and oxygen atoms in total. The number of piperidine rings is 1. The molecule has 1 aromatic heterocycles. The molecular weight excluding hydrogens is 326 g/mol. The lowest BCUT2D eigenvalue weighted by Gasteiger charge is -2.37. The number of rotatable bonds is 4. The summed E-state index contributed by atoms with van der Waals surface area (Å²) in [5.74, 6) is 1.14. The van der Waals surface area contributed by atoms with Gasteiger partial charge >= 0.3 is 0 Å². The highest BCUT2D eigenvalue weighted by Crippen LogP contribution is 2.45. The van der Waals surface area contributed by atoms with Gasteiger partial charge in [-0.25, -0.2) is 0 Å². The van der Waals surface area contributed by atoms with Gasteiger partial charge in [0.1, 0.15) is 5.58 Å². The van der Waals surface area contributed by atoms with Crippen LogP contribution in [0, 0.1) is 12.3 Å². The summed E-state index contributed by atoms with van der Waals surface area (Å²) < 4.78 is 6.44. The number of benzene rings is 1. The van der Waals surface area contributed by atoms with Crippen LogP contribution in [0.4, 0.5) is 5.88 Å². The molecule has 0 radical (unpaired) electrons. The molecule has 26 heavy (non-hydrogen) atoms. The highest BCUT2D eigenvalue weighted by molar-refractivity contribution is 5.83. The van der Waals surface area contributed by atoms with Gasteiger partial charge in [0.25, 0.3) is 0 Å². The molecule has 0 amide bonds. The first-order valence-electron chi connectivity index (χ1n) is 9.86. The van der Waals surface area contributed by atoms with Gasteiger partial charge in [0.2, 0.25) is 5.88 Å². The molecule has 140 valence electrons. The van der Waals surface area contributed by atoms with Crippen LogP contribution in [0.25, 0.3) is 11.0 Å². The molecular formula is C22H29NO3. The van der Waals surface area contributed by atoms with Crippen LogP contribution in [0.15, 0.2) is 21.3 Å². The Morgan fingerprint density at radius 2 is 1.92 bits per heavy atom. The normalized spacial score (nSPS) is 19.9. The molecule has 0 unspecified atom stereocenters. The number of hydrogen-bond acceptors (Lipinski definition) is 4. The van der Waals surface area contributed by atoms with Crippen molar-refractivity contribution in [1.29, 1.82) is 0 Å². The van der Waals surface area contributed by atoms with E-state index in [4.69, 9.17) is 4.42 Å². The fourth-order valence-corrected chi connectivity index (χ4v) is 4.12.